The molecule has 0 radical (unpaired) electrons. The number of thioether (sulfide) groups is 1. The average molecular weight is 460 g/mol. The van der Waals surface area contributed by atoms with E-state index in [0.717, 1.165) is 59.2 Å². The van der Waals surface area contributed by atoms with Gasteiger partial charge in [0.05, 0.1) is 5.25 Å². The van der Waals surface area contributed by atoms with Crippen molar-refractivity contribution in [2.24, 2.45) is 17.8 Å². The van der Waals surface area contributed by atoms with Crippen LogP contribution in [0.3, 0.4) is 0 Å². The van der Waals surface area contributed by atoms with Crippen molar-refractivity contribution < 1.29 is 4.79 Å². The molecule has 4 aliphatic carbocycles. The van der Waals surface area contributed by atoms with Gasteiger partial charge in [-0.15, -0.1) is 10.2 Å². The average Bonchev–Trinajstić information content (AvgIpc) is 3.22. The van der Waals surface area contributed by atoms with E-state index in [1.54, 1.807) is 12.4 Å². The monoisotopic (exact) mass is 459 g/mol. The topological polar surface area (TPSA) is 72.7 Å². The number of hydrogen-bond donors (Lipinski definition) is 1. The van der Waals surface area contributed by atoms with Gasteiger partial charge in [0.1, 0.15) is 0 Å². The van der Waals surface area contributed by atoms with E-state index >= 15 is 0 Å². The van der Waals surface area contributed by atoms with Gasteiger partial charge in [0.25, 0.3) is 0 Å². The lowest BCUT2D eigenvalue weighted by atomic mass is 9.53. The smallest absolute Gasteiger partial charge is 0.233 e. The summed E-state index contributed by atoms with van der Waals surface area (Å²) in [7, 11) is 0. The van der Waals surface area contributed by atoms with Crippen molar-refractivity contribution in [1.29, 1.82) is 0 Å². The zero-order valence-corrected chi connectivity index (χ0v) is 19.7. The van der Waals surface area contributed by atoms with E-state index in [2.05, 4.69) is 20.5 Å². The summed E-state index contributed by atoms with van der Waals surface area (Å²) in [6.07, 6.45) is 11.1. The summed E-state index contributed by atoms with van der Waals surface area (Å²) in [6.45, 7) is 1.98. The first-order chi connectivity index (χ1) is 16.1. The van der Waals surface area contributed by atoms with Crippen LogP contribution in [-0.2, 0) is 4.79 Å². The Labute approximate surface area is 198 Å². The highest BCUT2D eigenvalue weighted by atomic mass is 32.2. The number of para-hydroxylation sites is 1. The molecule has 1 atom stereocenters. The highest BCUT2D eigenvalue weighted by Gasteiger charge is 2.51. The van der Waals surface area contributed by atoms with Crippen molar-refractivity contribution in [3.8, 4) is 17.1 Å². The molecule has 0 aliphatic heterocycles. The molecule has 1 unspecified atom stereocenters. The van der Waals surface area contributed by atoms with Crippen LogP contribution in [0.2, 0.25) is 0 Å². The van der Waals surface area contributed by atoms with E-state index in [9.17, 15) is 4.79 Å². The van der Waals surface area contributed by atoms with Gasteiger partial charge in [0.2, 0.25) is 5.91 Å². The maximum atomic E-state index is 13.4. The van der Waals surface area contributed by atoms with Crippen LogP contribution in [0.4, 0.5) is 0 Å². The number of nitrogens with zero attached hydrogens (tertiary/aromatic N) is 4. The Bertz CT molecular complexity index is 1110. The lowest BCUT2D eigenvalue weighted by Gasteiger charge is -2.57. The zero-order valence-electron chi connectivity index (χ0n) is 18.9. The van der Waals surface area contributed by atoms with Crippen molar-refractivity contribution in [2.75, 3.05) is 0 Å². The molecule has 4 aliphatic rings. The van der Waals surface area contributed by atoms with E-state index in [-0.39, 0.29) is 16.7 Å². The molecule has 4 saturated carbocycles. The van der Waals surface area contributed by atoms with Crippen LogP contribution >= 0.6 is 11.8 Å². The van der Waals surface area contributed by atoms with Gasteiger partial charge in [0, 0.05) is 29.2 Å². The number of amides is 1. The Morgan fingerprint density at radius 1 is 1.00 bits per heavy atom. The van der Waals surface area contributed by atoms with E-state index in [0.29, 0.717) is 0 Å². The van der Waals surface area contributed by atoms with Crippen LogP contribution in [0.1, 0.15) is 45.4 Å². The minimum absolute atomic E-state index is 0.0238. The first-order valence-electron chi connectivity index (χ1n) is 12.0. The Balaban J connectivity index is 1.25. The second kappa shape index (κ2) is 8.28. The summed E-state index contributed by atoms with van der Waals surface area (Å²) in [5, 5.41) is 13.0. The fourth-order valence-corrected chi connectivity index (χ4v) is 7.55. The van der Waals surface area contributed by atoms with Gasteiger partial charge >= 0.3 is 0 Å². The van der Waals surface area contributed by atoms with Gasteiger partial charge in [-0.05, 0) is 87.5 Å². The van der Waals surface area contributed by atoms with Crippen LogP contribution in [0, 0.1) is 17.8 Å². The molecule has 1 amide bonds. The standard InChI is InChI=1S/C26H29N5OS/c1-17(24(32)28-26-14-18-11-19(15-26)13-20(12-18)16-26)33-25-30-29-23(21-7-9-27-10-8-21)31(25)22-5-3-2-4-6-22/h2-10,17-20H,11-16H2,1H3,(H,28,32). The molecule has 3 aromatic rings. The van der Waals surface area contributed by atoms with Gasteiger partial charge in [-0.2, -0.15) is 0 Å². The van der Waals surface area contributed by atoms with Crippen molar-refractivity contribution in [2.45, 2.75) is 61.4 Å². The van der Waals surface area contributed by atoms with Crippen LogP contribution in [0.5, 0.6) is 0 Å². The molecule has 1 N–H and O–H groups in total. The summed E-state index contributed by atoms with van der Waals surface area (Å²) in [6, 6.07) is 13.9. The number of aromatic nitrogens is 4. The summed E-state index contributed by atoms with van der Waals surface area (Å²) in [4.78, 5) is 17.5. The minimum Gasteiger partial charge on any atom is -0.350 e. The summed E-state index contributed by atoms with van der Waals surface area (Å²) >= 11 is 1.48. The lowest BCUT2D eigenvalue weighted by molar-refractivity contribution is -0.126. The van der Waals surface area contributed by atoms with Crippen LogP contribution in [-0.4, -0.2) is 36.4 Å². The second-order valence-corrected chi connectivity index (χ2v) is 11.5. The highest BCUT2D eigenvalue weighted by molar-refractivity contribution is 8.00. The molecular weight excluding hydrogens is 430 g/mol. The number of carbonyl (C=O) groups is 1. The molecular formula is C26H29N5OS. The van der Waals surface area contributed by atoms with Gasteiger partial charge in [0.15, 0.2) is 11.0 Å². The quantitative estimate of drug-likeness (QED) is 0.531. The lowest BCUT2D eigenvalue weighted by Crippen LogP contribution is -2.60. The molecule has 7 rings (SSSR count). The van der Waals surface area contributed by atoms with Crippen molar-refractivity contribution in [3.05, 3.63) is 54.9 Å². The van der Waals surface area contributed by atoms with Gasteiger partial charge in [-0.1, -0.05) is 30.0 Å². The maximum absolute atomic E-state index is 13.4. The molecule has 6 nitrogen and oxygen atoms in total. The number of rotatable bonds is 6. The Morgan fingerprint density at radius 3 is 2.27 bits per heavy atom. The molecule has 33 heavy (non-hydrogen) atoms. The van der Waals surface area contributed by atoms with Crippen molar-refractivity contribution >= 4 is 17.7 Å². The molecule has 7 heteroatoms. The molecule has 2 heterocycles. The molecule has 0 saturated heterocycles. The summed E-state index contributed by atoms with van der Waals surface area (Å²) in [5.41, 5.74) is 1.94. The number of nitrogens with one attached hydrogen (secondary N) is 1. The summed E-state index contributed by atoms with van der Waals surface area (Å²) in [5.74, 6) is 3.30. The van der Waals surface area contributed by atoms with Gasteiger partial charge in [-0.3, -0.25) is 14.3 Å². The van der Waals surface area contributed by atoms with E-state index in [4.69, 9.17) is 0 Å². The maximum Gasteiger partial charge on any atom is 0.233 e. The zero-order chi connectivity index (χ0) is 22.4. The Kier molecular flexibility index (Phi) is 5.24. The largest absolute Gasteiger partial charge is 0.350 e. The first kappa shape index (κ1) is 20.9. The van der Waals surface area contributed by atoms with Gasteiger partial charge < -0.3 is 5.32 Å². The molecule has 4 fully saturated rings. The SMILES string of the molecule is CC(Sc1nnc(-c2ccncc2)n1-c1ccccc1)C(=O)NC12CC3CC(CC(C3)C1)C2. The highest BCUT2D eigenvalue weighted by Crippen LogP contribution is 2.55. The number of carbonyl (C=O) groups excluding carboxylic acids is 1. The molecule has 2 aromatic heterocycles. The number of benzene rings is 1. The number of hydrogen-bond acceptors (Lipinski definition) is 5. The van der Waals surface area contributed by atoms with Crippen LogP contribution < -0.4 is 5.32 Å². The van der Waals surface area contributed by atoms with Crippen molar-refractivity contribution in [1.82, 2.24) is 25.1 Å². The first-order valence-corrected chi connectivity index (χ1v) is 12.9. The normalized spacial score (nSPS) is 28.6. The molecule has 170 valence electrons. The molecule has 0 spiro atoms. The Morgan fingerprint density at radius 2 is 1.64 bits per heavy atom. The minimum atomic E-state index is -0.255. The third-order valence-electron chi connectivity index (χ3n) is 7.66. The second-order valence-electron chi connectivity index (χ2n) is 10.2. The van der Waals surface area contributed by atoms with E-state index < -0.39 is 0 Å². The van der Waals surface area contributed by atoms with Crippen LogP contribution in [0.15, 0.2) is 60.0 Å². The molecule has 1 aromatic carbocycles. The van der Waals surface area contributed by atoms with Crippen molar-refractivity contribution in [3.63, 3.8) is 0 Å². The third-order valence-corrected chi connectivity index (χ3v) is 8.71. The van der Waals surface area contributed by atoms with Gasteiger partial charge in [-0.25, -0.2) is 0 Å². The van der Waals surface area contributed by atoms with Crippen LogP contribution in [0.25, 0.3) is 17.1 Å². The third kappa shape index (κ3) is 3.97. The van der Waals surface area contributed by atoms with E-state index in [1.165, 1.54) is 31.0 Å². The molecule has 4 bridgehead atoms. The fraction of sp³-hybridized carbons (Fsp3) is 0.462. The fourth-order valence-electron chi connectivity index (χ4n) is 6.68. The summed E-state index contributed by atoms with van der Waals surface area (Å²) < 4.78 is 2.04. The number of pyridine rings is 1. The predicted octanol–water partition coefficient (Wildman–Crippen LogP) is 4.89. The predicted molar refractivity (Wildman–Crippen MR) is 129 cm³/mol. The Hall–Kier alpha value is -2.67. The van der Waals surface area contributed by atoms with E-state index in [1.807, 2.05) is 54.0 Å².